The van der Waals surface area contributed by atoms with E-state index in [-0.39, 0.29) is 50.4 Å². The van der Waals surface area contributed by atoms with Crippen molar-refractivity contribution in [2.24, 2.45) is 0 Å². The Bertz CT molecular complexity index is 1360. The van der Waals surface area contributed by atoms with Crippen LogP contribution in [0.3, 0.4) is 0 Å². The average Bonchev–Trinajstić information content (AvgIpc) is 2.84. The molecule has 196 valence electrons. The molecule has 0 N–H and O–H groups in total. The second kappa shape index (κ2) is 10.7. The molecule has 0 radical (unpaired) electrons. The number of carbonyl (C=O) groups excluding carboxylic acids is 3. The summed E-state index contributed by atoms with van der Waals surface area (Å²) < 4.78 is 54.8. The monoisotopic (exact) mass is 520 g/mol. The number of pyridine rings is 1. The minimum Gasteiger partial charge on any atom is -0.493 e. The molecule has 1 heterocycles. The number of fused-ring (bicyclic) bond motifs is 1. The van der Waals surface area contributed by atoms with Gasteiger partial charge in [-0.3, -0.25) is 9.59 Å². The van der Waals surface area contributed by atoms with Crippen molar-refractivity contribution < 1.29 is 46.6 Å². The number of methoxy groups -OCH3 is 2. The number of carbonyl (C=O) groups is 3. The quantitative estimate of drug-likeness (QED) is 0.328. The molecule has 0 unspecified atom stereocenters. The van der Waals surface area contributed by atoms with Gasteiger partial charge in [-0.15, -0.1) is 5.06 Å². The van der Waals surface area contributed by atoms with Gasteiger partial charge in [0.1, 0.15) is 17.1 Å². The van der Waals surface area contributed by atoms with Gasteiger partial charge < -0.3 is 19.0 Å². The topological polar surface area (TPSA) is 104 Å². The minimum absolute atomic E-state index is 0.0377. The summed E-state index contributed by atoms with van der Waals surface area (Å²) in [6.45, 7) is 4.55. The predicted molar refractivity (Wildman–Crippen MR) is 126 cm³/mol. The van der Waals surface area contributed by atoms with Gasteiger partial charge >= 0.3 is 12.1 Å². The summed E-state index contributed by atoms with van der Waals surface area (Å²) in [6.07, 6.45) is -4.55. The van der Waals surface area contributed by atoms with Crippen LogP contribution in [-0.4, -0.2) is 49.1 Å². The molecule has 1 amide bonds. The summed E-state index contributed by atoms with van der Waals surface area (Å²) in [7, 11) is 2.67. The second-order valence-corrected chi connectivity index (χ2v) is 7.96. The molecule has 0 aliphatic heterocycles. The molecule has 0 saturated heterocycles. The average molecular weight is 520 g/mol. The van der Waals surface area contributed by atoms with E-state index in [1.807, 2.05) is 13.8 Å². The van der Waals surface area contributed by atoms with Gasteiger partial charge in [-0.25, -0.2) is 9.78 Å². The Morgan fingerprint density at radius 1 is 0.973 bits per heavy atom. The summed E-state index contributed by atoms with van der Waals surface area (Å²) in [5, 5.41) is 0.294. The first-order valence-electron chi connectivity index (χ1n) is 10.8. The molecule has 0 aliphatic rings. The number of aromatic nitrogens is 1. The highest BCUT2D eigenvalue weighted by atomic mass is 19.4. The first-order valence-corrected chi connectivity index (χ1v) is 10.8. The fourth-order valence-electron chi connectivity index (χ4n) is 3.43. The third-order valence-corrected chi connectivity index (χ3v) is 4.96. The summed E-state index contributed by atoms with van der Waals surface area (Å²) >= 11 is 0. The normalized spacial score (nSPS) is 11.3. The molecule has 0 spiro atoms. The lowest BCUT2D eigenvalue weighted by Gasteiger charge is -2.22. The lowest BCUT2D eigenvalue weighted by molar-refractivity contribution is -0.201. The minimum atomic E-state index is -5.36. The van der Waals surface area contributed by atoms with E-state index >= 15 is 0 Å². The molecule has 0 saturated carbocycles. The van der Waals surface area contributed by atoms with Crippen LogP contribution >= 0.6 is 0 Å². The van der Waals surface area contributed by atoms with E-state index in [1.165, 1.54) is 32.4 Å². The lowest BCUT2D eigenvalue weighted by atomic mass is 10.0. The molecule has 1 aromatic heterocycles. The standard InChI is InChI=1S/C25H23F3N2O7/c1-13(2)36-16-8-6-7-15(9-16)23(32)22-18-11-21(35-5)20(34-4)10-17(18)19(12-29-22)30(14(3)31)37-24(33)25(26,27)28/h6-13H,1-5H3. The Balaban J connectivity index is 2.24. The van der Waals surface area contributed by atoms with Crippen LogP contribution in [0, 0.1) is 0 Å². The molecule has 0 atom stereocenters. The van der Waals surface area contributed by atoms with E-state index in [0.717, 1.165) is 13.1 Å². The van der Waals surface area contributed by atoms with E-state index in [0.29, 0.717) is 5.75 Å². The third kappa shape index (κ3) is 5.90. The van der Waals surface area contributed by atoms with Crippen molar-refractivity contribution in [2.75, 3.05) is 19.3 Å². The van der Waals surface area contributed by atoms with Crippen LogP contribution < -0.4 is 19.3 Å². The molecule has 9 nitrogen and oxygen atoms in total. The largest absolute Gasteiger partial charge is 0.493 e. The van der Waals surface area contributed by atoms with Gasteiger partial charge in [-0.05, 0) is 38.1 Å². The number of rotatable bonds is 7. The van der Waals surface area contributed by atoms with E-state index in [9.17, 15) is 27.6 Å². The van der Waals surface area contributed by atoms with Crippen LogP contribution in [0.1, 0.15) is 36.8 Å². The van der Waals surface area contributed by atoms with Crippen molar-refractivity contribution in [3.63, 3.8) is 0 Å². The lowest BCUT2D eigenvalue weighted by Crippen LogP contribution is -2.37. The van der Waals surface area contributed by atoms with Crippen molar-refractivity contribution in [1.29, 1.82) is 0 Å². The van der Waals surface area contributed by atoms with Crippen molar-refractivity contribution in [3.05, 3.63) is 53.9 Å². The maximum Gasteiger partial charge on any atom is 0.493 e. The van der Waals surface area contributed by atoms with Crippen LogP contribution in [0.4, 0.5) is 18.9 Å². The number of benzene rings is 2. The number of amides is 1. The highest BCUT2D eigenvalue weighted by Crippen LogP contribution is 2.38. The van der Waals surface area contributed by atoms with Crippen molar-refractivity contribution >= 4 is 34.1 Å². The number of ketones is 1. The highest BCUT2D eigenvalue weighted by Gasteiger charge is 2.43. The van der Waals surface area contributed by atoms with Gasteiger partial charge in [-0.2, -0.15) is 13.2 Å². The van der Waals surface area contributed by atoms with E-state index < -0.39 is 23.8 Å². The van der Waals surface area contributed by atoms with Crippen LogP contribution in [-0.2, 0) is 14.4 Å². The smallest absolute Gasteiger partial charge is 0.493 e. The van der Waals surface area contributed by atoms with Gasteiger partial charge in [-0.1, -0.05) is 12.1 Å². The Hall–Kier alpha value is -4.35. The first-order chi connectivity index (χ1) is 17.4. The molecule has 3 rings (SSSR count). The number of nitrogens with zero attached hydrogens (tertiary/aromatic N) is 2. The zero-order valence-electron chi connectivity index (χ0n) is 20.5. The van der Waals surface area contributed by atoms with Gasteiger partial charge in [0, 0.05) is 23.3 Å². The number of hydrogen-bond donors (Lipinski definition) is 0. The Labute approximate surface area is 209 Å². The van der Waals surface area contributed by atoms with Crippen molar-refractivity contribution in [3.8, 4) is 17.2 Å². The van der Waals surface area contributed by atoms with E-state index in [2.05, 4.69) is 9.82 Å². The summed E-state index contributed by atoms with van der Waals surface area (Å²) in [4.78, 5) is 45.7. The Morgan fingerprint density at radius 2 is 1.59 bits per heavy atom. The number of halogens is 3. The number of anilines is 1. The number of hydrogen-bond acceptors (Lipinski definition) is 8. The van der Waals surface area contributed by atoms with Gasteiger partial charge in [0.15, 0.2) is 11.5 Å². The fourth-order valence-corrected chi connectivity index (χ4v) is 3.43. The first kappa shape index (κ1) is 27.2. The molecule has 0 bridgehead atoms. The maximum atomic E-state index is 13.5. The van der Waals surface area contributed by atoms with Gasteiger partial charge in [0.05, 0.1) is 26.5 Å². The summed E-state index contributed by atoms with van der Waals surface area (Å²) in [5.41, 5.74) is -0.206. The van der Waals surface area contributed by atoms with E-state index in [1.54, 1.807) is 18.2 Å². The maximum absolute atomic E-state index is 13.5. The Morgan fingerprint density at radius 3 is 2.14 bits per heavy atom. The van der Waals surface area contributed by atoms with Crippen molar-refractivity contribution in [2.45, 2.75) is 33.1 Å². The molecule has 3 aromatic rings. The van der Waals surface area contributed by atoms with Crippen LogP contribution in [0.15, 0.2) is 42.6 Å². The van der Waals surface area contributed by atoms with Crippen molar-refractivity contribution in [1.82, 2.24) is 4.98 Å². The van der Waals surface area contributed by atoms with Crippen LogP contribution in [0.5, 0.6) is 17.2 Å². The molecular formula is C25H23F3N2O7. The molecular weight excluding hydrogens is 497 g/mol. The zero-order chi connectivity index (χ0) is 27.5. The summed E-state index contributed by atoms with van der Waals surface area (Å²) in [6, 6.07) is 9.09. The molecule has 0 fully saturated rings. The molecule has 37 heavy (non-hydrogen) atoms. The van der Waals surface area contributed by atoms with Crippen LogP contribution in [0.2, 0.25) is 0 Å². The fraction of sp³-hybridized carbons (Fsp3) is 0.280. The number of ether oxygens (including phenoxy) is 3. The van der Waals surface area contributed by atoms with Gasteiger partial charge in [0.2, 0.25) is 5.78 Å². The number of alkyl halides is 3. The summed E-state index contributed by atoms with van der Waals surface area (Å²) in [5.74, 6) is -3.44. The molecule has 2 aromatic carbocycles. The van der Waals surface area contributed by atoms with Gasteiger partial charge in [0.25, 0.3) is 5.91 Å². The number of hydroxylamine groups is 1. The molecule has 12 heteroatoms. The predicted octanol–water partition coefficient (Wildman–Crippen LogP) is 4.64. The van der Waals surface area contributed by atoms with Crippen LogP contribution in [0.25, 0.3) is 10.8 Å². The highest BCUT2D eigenvalue weighted by molar-refractivity contribution is 6.18. The zero-order valence-corrected chi connectivity index (χ0v) is 20.5. The van der Waals surface area contributed by atoms with E-state index in [4.69, 9.17) is 14.2 Å². The third-order valence-electron chi connectivity index (χ3n) is 4.96. The molecule has 0 aliphatic carbocycles. The Kier molecular flexibility index (Phi) is 7.90. The SMILES string of the molecule is COc1cc2c(N(OC(=O)C(F)(F)F)C(C)=O)cnc(C(=O)c3cccc(OC(C)C)c3)c2cc1OC. The second-order valence-electron chi connectivity index (χ2n) is 7.96.